The molecule has 18 heavy (non-hydrogen) atoms. The molecule has 96 valence electrons. The Kier molecular flexibility index (Phi) is 3.26. The number of halogens is 2. The zero-order valence-corrected chi connectivity index (χ0v) is 11.2. The normalized spacial score (nSPS) is 20.4. The number of aromatic nitrogens is 2. The summed E-state index contributed by atoms with van der Waals surface area (Å²) in [6.07, 6.45) is 1.83. The molecule has 0 aromatic carbocycles. The first kappa shape index (κ1) is 13.2. The number of aryl methyl sites for hydroxylation is 1. The van der Waals surface area contributed by atoms with Crippen LogP contribution in [0.15, 0.2) is 15.8 Å². The summed E-state index contributed by atoms with van der Waals surface area (Å²) in [4.78, 5) is 23.9. The minimum absolute atomic E-state index is 0.0492. The lowest BCUT2D eigenvalue weighted by molar-refractivity contribution is 0.528. The molecular formula is C11H11Cl2N3O2. The van der Waals surface area contributed by atoms with Crippen LogP contribution in [0.4, 0.5) is 0 Å². The van der Waals surface area contributed by atoms with Gasteiger partial charge in [0, 0.05) is 25.2 Å². The maximum absolute atomic E-state index is 12.0. The summed E-state index contributed by atoms with van der Waals surface area (Å²) in [5, 5.41) is 8.88. The van der Waals surface area contributed by atoms with Crippen LogP contribution in [0, 0.1) is 17.2 Å². The molecule has 1 aliphatic carbocycles. The third-order valence-electron chi connectivity index (χ3n) is 3.06. The highest BCUT2D eigenvalue weighted by molar-refractivity contribution is 6.50. The Morgan fingerprint density at radius 3 is 2.61 bits per heavy atom. The summed E-state index contributed by atoms with van der Waals surface area (Å²) in [5.41, 5.74) is -1.06. The Labute approximate surface area is 113 Å². The van der Waals surface area contributed by atoms with Crippen LogP contribution in [0.1, 0.15) is 18.9 Å². The second-order valence-corrected chi connectivity index (χ2v) is 5.84. The standard InChI is InChI=1S/C11H11Cl2N3O2/c1-2-15-5-7(4-14)9(17)16(10(15)18)6-8-3-11(8,12)13/h5,8H,2-3,6H2,1H3/t8-/m1/s1. The van der Waals surface area contributed by atoms with E-state index in [0.717, 1.165) is 4.57 Å². The van der Waals surface area contributed by atoms with Gasteiger partial charge in [-0.05, 0) is 13.3 Å². The molecule has 5 nitrogen and oxygen atoms in total. The third kappa shape index (κ3) is 2.18. The predicted molar refractivity (Wildman–Crippen MR) is 67.9 cm³/mol. The molecule has 1 aromatic heterocycles. The Balaban J connectivity index is 2.49. The van der Waals surface area contributed by atoms with Crippen molar-refractivity contribution in [2.75, 3.05) is 0 Å². The highest BCUT2D eigenvalue weighted by atomic mass is 35.5. The first-order valence-electron chi connectivity index (χ1n) is 5.53. The molecule has 1 fully saturated rings. The van der Waals surface area contributed by atoms with Gasteiger partial charge in [0.2, 0.25) is 0 Å². The lowest BCUT2D eigenvalue weighted by Gasteiger charge is -2.09. The van der Waals surface area contributed by atoms with E-state index in [9.17, 15) is 9.59 Å². The van der Waals surface area contributed by atoms with Crippen molar-refractivity contribution in [1.29, 1.82) is 5.26 Å². The van der Waals surface area contributed by atoms with Gasteiger partial charge in [-0.2, -0.15) is 5.26 Å². The quantitative estimate of drug-likeness (QED) is 0.782. The topological polar surface area (TPSA) is 67.8 Å². The molecule has 1 atom stereocenters. The number of hydrogen-bond acceptors (Lipinski definition) is 3. The second-order valence-electron chi connectivity index (χ2n) is 4.30. The molecule has 0 spiro atoms. The molecule has 0 saturated heterocycles. The number of alkyl halides is 2. The van der Waals surface area contributed by atoms with Crippen molar-refractivity contribution in [2.24, 2.45) is 5.92 Å². The van der Waals surface area contributed by atoms with Gasteiger partial charge in [0.05, 0.1) is 0 Å². The zero-order valence-electron chi connectivity index (χ0n) is 9.69. The number of nitrogens with zero attached hydrogens (tertiary/aromatic N) is 3. The number of hydrogen-bond donors (Lipinski definition) is 0. The molecular weight excluding hydrogens is 277 g/mol. The molecule has 0 aliphatic heterocycles. The van der Waals surface area contributed by atoms with E-state index in [2.05, 4.69) is 0 Å². The van der Waals surface area contributed by atoms with Crippen LogP contribution in [0.5, 0.6) is 0 Å². The van der Waals surface area contributed by atoms with Crippen molar-refractivity contribution in [3.05, 3.63) is 32.6 Å². The van der Waals surface area contributed by atoms with E-state index >= 15 is 0 Å². The summed E-state index contributed by atoms with van der Waals surface area (Å²) in [5.74, 6) is -0.120. The highest BCUT2D eigenvalue weighted by Crippen LogP contribution is 2.53. The van der Waals surface area contributed by atoms with Gasteiger partial charge in [-0.25, -0.2) is 4.79 Å². The van der Waals surface area contributed by atoms with E-state index < -0.39 is 15.6 Å². The average molecular weight is 288 g/mol. The SMILES string of the molecule is CCn1cc(C#N)c(=O)n(C[C@H]2CC2(Cl)Cl)c1=O. The van der Waals surface area contributed by atoms with Gasteiger partial charge in [-0.3, -0.25) is 13.9 Å². The van der Waals surface area contributed by atoms with Gasteiger partial charge in [0.25, 0.3) is 5.56 Å². The van der Waals surface area contributed by atoms with Crippen molar-refractivity contribution in [3.63, 3.8) is 0 Å². The molecule has 0 unspecified atom stereocenters. The molecule has 0 radical (unpaired) electrons. The lowest BCUT2D eigenvalue weighted by Crippen LogP contribution is -2.41. The van der Waals surface area contributed by atoms with Crippen LogP contribution in [0.25, 0.3) is 0 Å². The largest absolute Gasteiger partial charge is 0.331 e. The van der Waals surface area contributed by atoms with Crippen molar-refractivity contribution in [2.45, 2.75) is 30.8 Å². The second kappa shape index (κ2) is 4.45. The smallest absolute Gasteiger partial charge is 0.299 e. The molecule has 7 heteroatoms. The molecule has 1 saturated carbocycles. The average Bonchev–Trinajstić information content (AvgIpc) is 2.92. The molecule has 0 amide bonds. The lowest BCUT2D eigenvalue weighted by atomic mass is 10.3. The molecule has 0 bridgehead atoms. The maximum Gasteiger partial charge on any atom is 0.331 e. The van der Waals surface area contributed by atoms with E-state index in [0.29, 0.717) is 13.0 Å². The van der Waals surface area contributed by atoms with Crippen LogP contribution < -0.4 is 11.2 Å². The Hall–Kier alpha value is -1.25. The van der Waals surface area contributed by atoms with E-state index in [1.807, 2.05) is 0 Å². The minimum atomic E-state index is -0.856. The summed E-state index contributed by atoms with van der Waals surface area (Å²) in [7, 11) is 0. The zero-order chi connectivity index (χ0) is 13.5. The summed E-state index contributed by atoms with van der Waals surface area (Å²) < 4.78 is 1.51. The van der Waals surface area contributed by atoms with Gasteiger partial charge in [0.1, 0.15) is 16.0 Å². The first-order valence-corrected chi connectivity index (χ1v) is 6.28. The molecule has 1 aliphatic rings. The first-order chi connectivity index (χ1) is 8.40. The Morgan fingerprint density at radius 2 is 2.17 bits per heavy atom. The third-order valence-corrected chi connectivity index (χ3v) is 3.98. The van der Waals surface area contributed by atoms with Crippen molar-refractivity contribution < 1.29 is 0 Å². The van der Waals surface area contributed by atoms with Crippen molar-refractivity contribution in [3.8, 4) is 6.07 Å². The molecule has 1 heterocycles. The van der Waals surface area contributed by atoms with Gasteiger partial charge in [0.15, 0.2) is 0 Å². The molecule has 2 rings (SSSR count). The maximum atomic E-state index is 12.0. The van der Waals surface area contributed by atoms with Crippen molar-refractivity contribution >= 4 is 23.2 Å². The monoisotopic (exact) mass is 287 g/mol. The fourth-order valence-electron chi connectivity index (χ4n) is 1.81. The number of rotatable bonds is 3. The van der Waals surface area contributed by atoms with Crippen LogP contribution in [-0.4, -0.2) is 13.5 Å². The van der Waals surface area contributed by atoms with Crippen LogP contribution in [0.2, 0.25) is 0 Å². The van der Waals surface area contributed by atoms with Crippen LogP contribution in [0.3, 0.4) is 0 Å². The van der Waals surface area contributed by atoms with E-state index in [1.165, 1.54) is 10.8 Å². The molecule has 1 aromatic rings. The van der Waals surface area contributed by atoms with E-state index in [-0.39, 0.29) is 18.0 Å². The van der Waals surface area contributed by atoms with Crippen molar-refractivity contribution in [1.82, 2.24) is 9.13 Å². The predicted octanol–water partition coefficient (Wildman–Crippen LogP) is 1.10. The fraction of sp³-hybridized carbons (Fsp3) is 0.545. The van der Waals surface area contributed by atoms with Crippen LogP contribution in [-0.2, 0) is 13.1 Å². The minimum Gasteiger partial charge on any atom is -0.299 e. The van der Waals surface area contributed by atoms with E-state index in [1.54, 1.807) is 13.0 Å². The van der Waals surface area contributed by atoms with Gasteiger partial charge in [-0.15, -0.1) is 23.2 Å². The fourth-order valence-corrected chi connectivity index (χ4v) is 2.32. The summed E-state index contributed by atoms with van der Waals surface area (Å²) in [6.45, 7) is 2.31. The summed E-state index contributed by atoms with van der Waals surface area (Å²) >= 11 is 11.8. The van der Waals surface area contributed by atoms with Gasteiger partial charge >= 0.3 is 5.69 Å². The number of nitriles is 1. The van der Waals surface area contributed by atoms with Crippen LogP contribution >= 0.6 is 23.2 Å². The summed E-state index contributed by atoms with van der Waals surface area (Å²) in [6, 6.07) is 1.79. The highest BCUT2D eigenvalue weighted by Gasteiger charge is 2.51. The molecule has 0 N–H and O–H groups in total. The van der Waals surface area contributed by atoms with E-state index in [4.69, 9.17) is 28.5 Å². The van der Waals surface area contributed by atoms with Gasteiger partial charge < -0.3 is 0 Å². The Morgan fingerprint density at radius 1 is 1.56 bits per heavy atom. The van der Waals surface area contributed by atoms with Gasteiger partial charge in [-0.1, -0.05) is 0 Å². The Bertz CT molecular complexity index is 639.